The van der Waals surface area contributed by atoms with Gasteiger partial charge in [0.15, 0.2) is 0 Å². The van der Waals surface area contributed by atoms with E-state index in [2.05, 4.69) is 91.0 Å². The standard InChI is InChI=1S/3C6H5.C5H5NOS.Sn/c3*1-2-4-6-5-3-1;7-6-4-2-1-3-5(6)8;/h3*1-5H;1-4,8H;/q;;;;+1/p-1. The summed E-state index contributed by atoms with van der Waals surface area (Å²) in [7, 11) is 1.78. The summed E-state index contributed by atoms with van der Waals surface area (Å²) < 4.78 is 5.03. The maximum absolute atomic E-state index is 12.5. The number of benzene rings is 3. The van der Waals surface area contributed by atoms with Gasteiger partial charge in [0.25, 0.3) is 0 Å². The SMILES string of the molecule is [O-][n+]1ccccc1[S][Sn]([c]1ccccc1)([c]1ccccc1)[c]1ccccc1. The zero-order valence-electron chi connectivity index (χ0n) is 14.7. The number of rotatable bonds is 5. The minimum absolute atomic E-state index is 0.754. The summed E-state index contributed by atoms with van der Waals surface area (Å²) in [5, 5.41) is 13.3. The number of hydrogen-bond donors (Lipinski definition) is 0. The third kappa shape index (κ3) is 3.62. The van der Waals surface area contributed by atoms with E-state index in [9.17, 15) is 5.21 Å². The van der Waals surface area contributed by atoms with E-state index >= 15 is 0 Å². The Bertz CT molecular complexity index is 913. The fourth-order valence-corrected chi connectivity index (χ4v) is 22.6. The molecule has 3 aromatic carbocycles. The van der Waals surface area contributed by atoms with Gasteiger partial charge in [-0.15, -0.1) is 0 Å². The van der Waals surface area contributed by atoms with Crippen molar-refractivity contribution in [2.45, 2.75) is 5.03 Å². The van der Waals surface area contributed by atoms with Gasteiger partial charge >= 0.3 is 167 Å². The van der Waals surface area contributed by atoms with Crippen molar-refractivity contribution in [2.24, 2.45) is 0 Å². The molecule has 0 aliphatic heterocycles. The van der Waals surface area contributed by atoms with Crippen molar-refractivity contribution in [2.75, 3.05) is 0 Å². The Morgan fingerprint density at radius 3 is 1.37 bits per heavy atom. The minimum atomic E-state index is -3.51. The van der Waals surface area contributed by atoms with Gasteiger partial charge in [0.05, 0.1) is 0 Å². The van der Waals surface area contributed by atoms with Gasteiger partial charge < -0.3 is 0 Å². The molecule has 132 valence electrons. The molecule has 0 unspecified atom stereocenters. The third-order valence-corrected chi connectivity index (χ3v) is 24.4. The van der Waals surface area contributed by atoms with Crippen LogP contribution < -0.4 is 15.5 Å². The quantitative estimate of drug-likeness (QED) is 0.252. The van der Waals surface area contributed by atoms with E-state index in [1.165, 1.54) is 10.7 Å². The zero-order chi connectivity index (χ0) is 18.5. The molecule has 0 radical (unpaired) electrons. The molecule has 0 bridgehead atoms. The van der Waals surface area contributed by atoms with Crippen LogP contribution in [0.1, 0.15) is 0 Å². The van der Waals surface area contributed by atoms with Crippen LogP contribution in [0.15, 0.2) is 120 Å². The predicted octanol–water partition coefficient (Wildman–Crippen LogP) is 3.08. The van der Waals surface area contributed by atoms with Gasteiger partial charge in [-0.05, 0) is 0 Å². The van der Waals surface area contributed by atoms with Crippen molar-refractivity contribution in [1.29, 1.82) is 0 Å². The van der Waals surface area contributed by atoms with E-state index < -0.39 is 17.0 Å². The predicted molar refractivity (Wildman–Crippen MR) is 115 cm³/mol. The summed E-state index contributed by atoms with van der Waals surface area (Å²) >= 11 is -3.51. The Morgan fingerprint density at radius 2 is 0.963 bits per heavy atom. The molecule has 27 heavy (non-hydrogen) atoms. The van der Waals surface area contributed by atoms with E-state index in [-0.39, 0.29) is 0 Å². The second-order valence-corrected chi connectivity index (χ2v) is 21.6. The van der Waals surface area contributed by atoms with Gasteiger partial charge in [-0.1, -0.05) is 0 Å². The molecule has 4 heteroatoms. The van der Waals surface area contributed by atoms with Crippen molar-refractivity contribution >= 4 is 36.7 Å². The van der Waals surface area contributed by atoms with Crippen LogP contribution >= 0.6 is 8.95 Å². The average Bonchev–Trinajstić information content (AvgIpc) is 2.75. The van der Waals surface area contributed by atoms with Gasteiger partial charge in [0.2, 0.25) is 0 Å². The number of hydrogen-bond acceptors (Lipinski definition) is 2. The molecule has 0 N–H and O–H groups in total. The van der Waals surface area contributed by atoms with E-state index in [1.807, 2.05) is 12.1 Å². The molecular weight excluding hydrogens is 457 g/mol. The summed E-state index contributed by atoms with van der Waals surface area (Å²) in [5.74, 6) is 0. The van der Waals surface area contributed by atoms with Gasteiger partial charge in [0.1, 0.15) is 0 Å². The Morgan fingerprint density at radius 1 is 0.556 bits per heavy atom. The van der Waals surface area contributed by atoms with Crippen molar-refractivity contribution in [3.8, 4) is 0 Å². The van der Waals surface area contributed by atoms with E-state index in [4.69, 9.17) is 0 Å². The van der Waals surface area contributed by atoms with Crippen molar-refractivity contribution < 1.29 is 4.73 Å². The van der Waals surface area contributed by atoms with Crippen LogP contribution in [0.3, 0.4) is 0 Å². The number of pyridine rings is 1. The first-order chi connectivity index (χ1) is 13.3. The molecule has 0 fully saturated rings. The number of nitrogens with zero attached hydrogens (tertiary/aromatic N) is 1. The van der Waals surface area contributed by atoms with Crippen molar-refractivity contribution in [1.82, 2.24) is 0 Å². The molecule has 0 saturated carbocycles. The van der Waals surface area contributed by atoms with Gasteiger partial charge in [-0.2, -0.15) is 0 Å². The molecule has 4 aromatic rings. The van der Waals surface area contributed by atoms with Gasteiger partial charge in [-0.25, -0.2) is 0 Å². The third-order valence-electron chi connectivity index (χ3n) is 4.59. The second kappa shape index (κ2) is 8.19. The molecule has 1 heterocycles. The summed E-state index contributed by atoms with van der Waals surface area (Å²) in [4.78, 5) is 0. The summed E-state index contributed by atoms with van der Waals surface area (Å²) in [6.45, 7) is 0. The van der Waals surface area contributed by atoms with Crippen LogP contribution in [0.5, 0.6) is 0 Å². The van der Waals surface area contributed by atoms with E-state index in [1.54, 1.807) is 21.2 Å². The summed E-state index contributed by atoms with van der Waals surface area (Å²) in [5.41, 5.74) is 0. The normalized spacial score (nSPS) is 11.3. The van der Waals surface area contributed by atoms with Crippen LogP contribution in [0, 0.1) is 5.21 Å². The first-order valence-electron chi connectivity index (χ1n) is 8.84. The average molecular weight is 476 g/mol. The second-order valence-electron chi connectivity index (χ2n) is 6.25. The first-order valence-corrected chi connectivity index (χ1v) is 17.4. The molecule has 4 rings (SSSR count). The molecule has 0 saturated heterocycles. The number of aromatic nitrogens is 1. The Hall–Kier alpha value is -2.24. The van der Waals surface area contributed by atoms with Crippen LogP contribution in [-0.4, -0.2) is 17.0 Å². The molecule has 0 atom stereocenters. The molecular formula is C23H19NOSSn. The van der Waals surface area contributed by atoms with E-state index in [0.29, 0.717) is 0 Å². The van der Waals surface area contributed by atoms with Crippen LogP contribution in [0.25, 0.3) is 0 Å². The Labute approximate surface area is 166 Å². The molecule has 1 aromatic heterocycles. The molecule has 0 amide bonds. The van der Waals surface area contributed by atoms with E-state index in [0.717, 1.165) is 9.76 Å². The van der Waals surface area contributed by atoms with Gasteiger partial charge in [-0.3, -0.25) is 0 Å². The summed E-state index contributed by atoms with van der Waals surface area (Å²) in [6, 6.07) is 37.8. The molecule has 2 nitrogen and oxygen atoms in total. The van der Waals surface area contributed by atoms with Crippen LogP contribution in [0.4, 0.5) is 0 Å². The van der Waals surface area contributed by atoms with Crippen LogP contribution in [-0.2, 0) is 0 Å². The molecule has 0 spiro atoms. The van der Waals surface area contributed by atoms with Crippen molar-refractivity contribution in [3.05, 3.63) is 121 Å². The van der Waals surface area contributed by atoms with Crippen LogP contribution in [0.2, 0.25) is 0 Å². The topological polar surface area (TPSA) is 26.9 Å². The molecule has 0 aliphatic rings. The summed E-state index contributed by atoms with van der Waals surface area (Å²) in [6.07, 6.45) is 1.58. The molecule has 0 aliphatic carbocycles. The Balaban J connectivity index is 2.02. The Kier molecular flexibility index (Phi) is 5.50. The van der Waals surface area contributed by atoms with Crippen molar-refractivity contribution in [3.63, 3.8) is 0 Å². The van der Waals surface area contributed by atoms with Gasteiger partial charge in [0, 0.05) is 0 Å². The fraction of sp³-hybridized carbons (Fsp3) is 0. The maximum atomic E-state index is 12.5. The zero-order valence-corrected chi connectivity index (χ0v) is 18.4. The monoisotopic (exact) mass is 477 g/mol. The first kappa shape index (κ1) is 18.1. The fourth-order valence-electron chi connectivity index (χ4n) is 3.34.